The van der Waals surface area contributed by atoms with Gasteiger partial charge in [-0.3, -0.25) is 4.98 Å². The minimum Gasteiger partial charge on any atom is -0.389 e. The van der Waals surface area contributed by atoms with Gasteiger partial charge in [-0.05, 0) is 57.2 Å². The van der Waals surface area contributed by atoms with Gasteiger partial charge < -0.3 is 15.7 Å². The molecule has 0 amide bonds. The van der Waals surface area contributed by atoms with Gasteiger partial charge in [0.05, 0.1) is 17.0 Å². The van der Waals surface area contributed by atoms with Crippen molar-refractivity contribution in [3.8, 4) is 11.3 Å². The standard InChI is InChI=1S/C21H25N7O/c1-21(2,29)13-25-19-24-12-16(18(28-19)11-14-3-4-14)17-7-10-23-20(27-17)26-15-5-8-22-9-6-15/h5-10,12,14,29H,3-4,11,13H2,1-2H3,(H,24,25,28)(H,22,23,26,27). The molecule has 3 aromatic heterocycles. The maximum atomic E-state index is 9.94. The third-order valence-electron chi connectivity index (χ3n) is 4.59. The molecular formula is C21H25N7O. The Bertz CT molecular complexity index is 968. The molecular weight excluding hydrogens is 366 g/mol. The summed E-state index contributed by atoms with van der Waals surface area (Å²) < 4.78 is 0. The number of rotatable bonds is 8. The van der Waals surface area contributed by atoms with Gasteiger partial charge in [0.25, 0.3) is 0 Å². The molecule has 1 aliphatic rings. The first kappa shape index (κ1) is 19.2. The normalized spacial score (nSPS) is 13.9. The van der Waals surface area contributed by atoms with Crippen molar-refractivity contribution in [1.82, 2.24) is 24.9 Å². The Kier molecular flexibility index (Phi) is 5.35. The molecule has 8 heteroatoms. The van der Waals surface area contributed by atoms with Gasteiger partial charge in [-0.1, -0.05) is 0 Å². The zero-order valence-corrected chi connectivity index (χ0v) is 16.6. The van der Waals surface area contributed by atoms with E-state index in [1.807, 2.05) is 18.2 Å². The Morgan fingerprint density at radius 1 is 1.03 bits per heavy atom. The minimum absolute atomic E-state index is 0.378. The summed E-state index contributed by atoms with van der Waals surface area (Å²) in [7, 11) is 0. The molecule has 0 aliphatic heterocycles. The smallest absolute Gasteiger partial charge is 0.227 e. The Morgan fingerprint density at radius 3 is 2.55 bits per heavy atom. The first-order valence-electron chi connectivity index (χ1n) is 9.79. The number of hydrogen-bond acceptors (Lipinski definition) is 8. The summed E-state index contributed by atoms with van der Waals surface area (Å²) in [6, 6.07) is 5.60. The van der Waals surface area contributed by atoms with Gasteiger partial charge in [0, 0.05) is 42.6 Å². The quantitative estimate of drug-likeness (QED) is 0.537. The van der Waals surface area contributed by atoms with Crippen LogP contribution in [0.4, 0.5) is 17.6 Å². The molecule has 3 heterocycles. The summed E-state index contributed by atoms with van der Waals surface area (Å²) in [6.45, 7) is 3.87. The van der Waals surface area contributed by atoms with Crippen molar-refractivity contribution in [2.75, 3.05) is 17.2 Å². The second-order valence-electron chi connectivity index (χ2n) is 7.99. The molecule has 0 saturated heterocycles. The van der Waals surface area contributed by atoms with Crippen LogP contribution >= 0.6 is 0 Å². The van der Waals surface area contributed by atoms with Crippen molar-refractivity contribution in [2.45, 2.75) is 38.7 Å². The summed E-state index contributed by atoms with van der Waals surface area (Å²) in [6.07, 6.45) is 10.3. The lowest BCUT2D eigenvalue weighted by Crippen LogP contribution is -2.30. The molecule has 0 radical (unpaired) electrons. The molecule has 0 aromatic carbocycles. The van der Waals surface area contributed by atoms with E-state index in [4.69, 9.17) is 4.98 Å². The summed E-state index contributed by atoms with van der Waals surface area (Å²) in [5.41, 5.74) is 2.69. The van der Waals surface area contributed by atoms with Crippen LogP contribution in [0.5, 0.6) is 0 Å². The first-order chi connectivity index (χ1) is 14.0. The SMILES string of the molecule is CC(C)(O)CNc1ncc(-c2ccnc(Nc3ccncc3)n2)c(CC2CC2)n1. The Balaban J connectivity index is 1.60. The van der Waals surface area contributed by atoms with Crippen LogP contribution in [-0.2, 0) is 6.42 Å². The predicted octanol–water partition coefficient (Wildman–Crippen LogP) is 3.21. The van der Waals surface area contributed by atoms with Crippen LogP contribution in [0.1, 0.15) is 32.4 Å². The second kappa shape index (κ2) is 8.08. The molecule has 0 atom stereocenters. The van der Waals surface area contributed by atoms with Gasteiger partial charge in [0.1, 0.15) is 0 Å². The fourth-order valence-corrected chi connectivity index (χ4v) is 2.90. The topological polar surface area (TPSA) is 109 Å². The molecule has 1 aliphatic carbocycles. The fraction of sp³-hybridized carbons (Fsp3) is 0.381. The van der Waals surface area contributed by atoms with E-state index in [-0.39, 0.29) is 0 Å². The van der Waals surface area contributed by atoms with Gasteiger partial charge in [-0.15, -0.1) is 0 Å². The number of aromatic nitrogens is 5. The molecule has 8 nitrogen and oxygen atoms in total. The van der Waals surface area contributed by atoms with Crippen molar-refractivity contribution in [1.29, 1.82) is 0 Å². The number of pyridine rings is 1. The average Bonchev–Trinajstić information content (AvgIpc) is 3.51. The summed E-state index contributed by atoms with van der Waals surface area (Å²) in [5.74, 6) is 1.70. The average molecular weight is 391 g/mol. The molecule has 0 bridgehead atoms. The number of aliphatic hydroxyl groups is 1. The highest BCUT2D eigenvalue weighted by Gasteiger charge is 2.25. The molecule has 29 heavy (non-hydrogen) atoms. The zero-order chi connectivity index (χ0) is 20.3. The Hall–Kier alpha value is -3.13. The van der Waals surface area contributed by atoms with E-state index in [0.29, 0.717) is 24.4 Å². The van der Waals surface area contributed by atoms with Crippen molar-refractivity contribution < 1.29 is 5.11 Å². The van der Waals surface area contributed by atoms with Crippen molar-refractivity contribution in [3.63, 3.8) is 0 Å². The number of hydrogen-bond donors (Lipinski definition) is 3. The molecule has 150 valence electrons. The van der Waals surface area contributed by atoms with Crippen molar-refractivity contribution >= 4 is 17.6 Å². The van der Waals surface area contributed by atoms with Crippen LogP contribution in [0, 0.1) is 5.92 Å². The predicted molar refractivity (Wildman–Crippen MR) is 112 cm³/mol. The maximum Gasteiger partial charge on any atom is 0.227 e. The van der Waals surface area contributed by atoms with E-state index in [9.17, 15) is 5.11 Å². The molecule has 1 fully saturated rings. The van der Waals surface area contributed by atoms with E-state index in [0.717, 1.165) is 29.1 Å². The molecule has 0 unspecified atom stereocenters. The van der Waals surface area contributed by atoms with E-state index < -0.39 is 5.60 Å². The molecule has 4 rings (SSSR count). The van der Waals surface area contributed by atoms with Gasteiger partial charge in [-0.2, -0.15) is 0 Å². The monoisotopic (exact) mass is 391 g/mol. The van der Waals surface area contributed by atoms with Crippen LogP contribution in [0.25, 0.3) is 11.3 Å². The summed E-state index contributed by atoms with van der Waals surface area (Å²) >= 11 is 0. The maximum absolute atomic E-state index is 9.94. The first-order valence-corrected chi connectivity index (χ1v) is 9.79. The molecule has 3 aromatic rings. The van der Waals surface area contributed by atoms with Crippen LogP contribution in [0.15, 0.2) is 43.0 Å². The van der Waals surface area contributed by atoms with Gasteiger partial charge >= 0.3 is 0 Å². The minimum atomic E-state index is -0.834. The number of nitrogens with one attached hydrogen (secondary N) is 2. The summed E-state index contributed by atoms with van der Waals surface area (Å²) in [4.78, 5) is 22.2. The largest absolute Gasteiger partial charge is 0.389 e. The van der Waals surface area contributed by atoms with Crippen LogP contribution in [0.2, 0.25) is 0 Å². The molecule has 3 N–H and O–H groups in total. The zero-order valence-electron chi connectivity index (χ0n) is 16.6. The lowest BCUT2D eigenvalue weighted by Gasteiger charge is -2.18. The van der Waals surface area contributed by atoms with Gasteiger partial charge in [0.2, 0.25) is 11.9 Å². The van der Waals surface area contributed by atoms with E-state index >= 15 is 0 Å². The summed E-state index contributed by atoms with van der Waals surface area (Å²) in [5, 5.41) is 16.3. The highest BCUT2D eigenvalue weighted by atomic mass is 16.3. The van der Waals surface area contributed by atoms with Crippen LogP contribution in [0.3, 0.4) is 0 Å². The lowest BCUT2D eigenvalue weighted by atomic mass is 10.1. The number of nitrogens with zero attached hydrogens (tertiary/aromatic N) is 5. The number of anilines is 3. The van der Waals surface area contributed by atoms with Gasteiger partial charge in [-0.25, -0.2) is 19.9 Å². The molecule has 1 saturated carbocycles. The van der Waals surface area contributed by atoms with Gasteiger partial charge in [0.15, 0.2) is 0 Å². The molecule has 0 spiro atoms. The Morgan fingerprint density at radius 2 is 1.83 bits per heavy atom. The van der Waals surface area contributed by atoms with Crippen LogP contribution < -0.4 is 10.6 Å². The lowest BCUT2D eigenvalue weighted by molar-refractivity contribution is 0.0943. The highest BCUT2D eigenvalue weighted by Crippen LogP contribution is 2.35. The third-order valence-corrected chi connectivity index (χ3v) is 4.59. The second-order valence-corrected chi connectivity index (χ2v) is 7.99. The third kappa shape index (κ3) is 5.45. The van der Waals surface area contributed by atoms with Crippen molar-refractivity contribution in [2.24, 2.45) is 5.92 Å². The van der Waals surface area contributed by atoms with Crippen molar-refractivity contribution in [3.05, 3.63) is 48.7 Å². The highest BCUT2D eigenvalue weighted by molar-refractivity contribution is 5.64. The van der Waals surface area contributed by atoms with E-state index in [1.54, 1.807) is 38.6 Å². The Labute approximate surface area is 169 Å². The fourth-order valence-electron chi connectivity index (χ4n) is 2.90. The van der Waals surface area contributed by atoms with Crippen LogP contribution in [-0.4, -0.2) is 42.2 Å². The van der Waals surface area contributed by atoms with E-state index in [1.165, 1.54) is 12.8 Å². The van der Waals surface area contributed by atoms with E-state index in [2.05, 4.69) is 30.6 Å².